The zero-order valence-corrected chi connectivity index (χ0v) is 10.6. The monoisotopic (exact) mass is 248 g/mol. The molecule has 0 spiro atoms. The third-order valence-electron chi connectivity index (χ3n) is 2.71. The summed E-state index contributed by atoms with van der Waals surface area (Å²) in [6.07, 6.45) is 0.106. The van der Waals surface area contributed by atoms with Gasteiger partial charge in [0.05, 0.1) is 6.10 Å². The van der Waals surface area contributed by atoms with Crippen molar-refractivity contribution >= 4 is 11.9 Å². The van der Waals surface area contributed by atoms with Crippen molar-refractivity contribution in [2.45, 2.75) is 32.5 Å². The minimum atomic E-state index is -1.12. The fourth-order valence-electron chi connectivity index (χ4n) is 1.79. The van der Waals surface area contributed by atoms with E-state index in [1.54, 1.807) is 31.2 Å². The highest BCUT2D eigenvalue weighted by Gasteiger charge is 2.43. The number of ether oxygens (including phenoxy) is 2. The van der Waals surface area contributed by atoms with Crippen LogP contribution in [-0.4, -0.2) is 18.0 Å². The molecular formula is C13H16N2O3. The molecule has 0 aliphatic carbocycles. The molecule has 0 fully saturated rings. The fourth-order valence-corrected chi connectivity index (χ4v) is 1.79. The lowest BCUT2D eigenvalue weighted by Crippen LogP contribution is -2.31. The van der Waals surface area contributed by atoms with E-state index in [0.29, 0.717) is 5.56 Å². The highest BCUT2D eigenvalue weighted by molar-refractivity contribution is 6.01. The molecule has 1 aliphatic rings. The number of hydrogen-bond donors (Lipinski definition) is 1. The van der Waals surface area contributed by atoms with Gasteiger partial charge in [-0.05, 0) is 32.9 Å². The predicted molar refractivity (Wildman–Crippen MR) is 67.3 cm³/mol. The second-order valence-corrected chi connectivity index (χ2v) is 4.58. The average Bonchev–Trinajstić information content (AvgIpc) is 2.53. The van der Waals surface area contributed by atoms with Crippen molar-refractivity contribution in [3.8, 4) is 5.75 Å². The number of aliphatic imine (C=N–C) groups is 1. The van der Waals surface area contributed by atoms with Crippen LogP contribution in [0.4, 0.5) is 0 Å². The normalized spacial score (nSPS) is 22.9. The number of carbonyl (C=O) groups excluding carboxylic acids is 1. The van der Waals surface area contributed by atoms with Gasteiger partial charge in [-0.15, -0.1) is 0 Å². The Hall–Kier alpha value is -2.04. The second kappa shape index (κ2) is 4.33. The zero-order valence-electron chi connectivity index (χ0n) is 10.6. The lowest BCUT2D eigenvalue weighted by atomic mass is 9.95. The van der Waals surface area contributed by atoms with Crippen LogP contribution in [0.5, 0.6) is 5.75 Å². The molecule has 1 aromatic rings. The summed E-state index contributed by atoms with van der Waals surface area (Å²) in [5.74, 6) is 0.356. The summed E-state index contributed by atoms with van der Waals surface area (Å²) < 4.78 is 10.8. The fraction of sp³-hybridized carbons (Fsp3) is 0.385. The summed E-state index contributed by atoms with van der Waals surface area (Å²) in [4.78, 5) is 15.3. The van der Waals surface area contributed by atoms with Crippen molar-refractivity contribution in [1.29, 1.82) is 0 Å². The molecule has 0 aromatic heterocycles. The zero-order chi connectivity index (χ0) is 13.3. The highest BCUT2D eigenvalue weighted by Crippen LogP contribution is 2.31. The minimum absolute atomic E-state index is 0.0926. The average molecular weight is 248 g/mol. The molecular weight excluding hydrogens is 232 g/mol. The summed E-state index contributed by atoms with van der Waals surface area (Å²) in [6.45, 7) is 5.55. The van der Waals surface area contributed by atoms with E-state index in [4.69, 9.17) is 15.2 Å². The summed E-state index contributed by atoms with van der Waals surface area (Å²) in [7, 11) is 0. The Bertz CT molecular complexity index is 493. The summed E-state index contributed by atoms with van der Waals surface area (Å²) >= 11 is 0. The first kappa shape index (κ1) is 12.4. The Labute approximate surface area is 106 Å². The Balaban J connectivity index is 2.23. The Kier molecular flexibility index (Phi) is 2.98. The molecule has 1 amide bonds. The van der Waals surface area contributed by atoms with Gasteiger partial charge in [0.2, 0.25) is 5.60 Å². The van der Waals surface area contributed by atoms with Crippen molar-refractivity contribution in [3.63, 3.8) is 0 Å². The first-order chi connectivity index (χ1) is 8.41. The Morgan fingerprint density at radius 2 is 1.94 bits per heavy atom. The molecule has 96 valence electrons. The van der Waals surface area contributed by atoms with Gasteiger partial charge in [0.15, 0.2) is 0 Å². The molecule has 1 atom stereocenters. The van der Waals surface area contributed by atoms with Crippen LogP contribution in [0, 0.1) is 0 Å². The number of amides is 1. The molecule has 18 heavy (non-hydrogen) atoms. The standard InChI is InChI=1S/C13H16N2O3/c1-8(2)17-10-6-4-9(5-7-10)13(3)11(16)15-12(14)18-13/h4-8H,1-3H3,(H2,14,15,16). The van der Waals surface area contributed by atoms with Crippen LogP contribution in [0.1, 0.15) is 26.3 Å². The van der Waals surface area contributed by atoms with Gasteiger partial charge in [0, 0.05) is 5.56 Å². The summed E-state index contributed by atoms with van der Waals surface area (Å²) in [5.41, 5.74) is 4.99. The SMILES string of the molecule is CC(C)Oc1ccc(C2(C)OC(N)=NC2=O)cc1. The minimum Gasteiger partial charge on any atom is -0.491 e. The van der Waals surface area contributed by atoms with Crippen molar-refractivity contribution in [3.05, 3.63) is 29.8 Å². The maximum absolute atomic E-state index is 11.7. The number of rotatable bonds is 3. The van der Waals surface area contributed by atoms with E-state index in [2.05, 4.69) is 4.99 Å². The third kappa shape index (κ3) is 2.16. The predicted octanol–water partition coefficient (Wildman–Crippen LogP) is 1.56. The van der Waals surface area contributed by atoms with E-state index >= 15 is 0 Å². The maximum Gasteiger partial charge on any atom is 0.298 e. The number of nitrogens with zero attached hydrogens (tertiary/aromatic N) is 1. The van der Waals surface area contributed by atoms with Gasteiger partial charge in [-0.25, -0.2) is 0 Å². The molecule has 5 heteroatoms. The van der Waals surface area contributed by atoms with Crippen LogP contribution < -0.4 is 10.5 Å². The smallest absolute Gasteiger partial charge is 0.298 e. The number of benzene rings is 1. The number of hydrogen-bond acceptors (Lipinski definition) is 4. The van der Waals surface area contributed by atoms with E-state index in [1.807, 2.05) is 13.8 Å². The lowest BCUT2D eigenvalue weighted by molar-refractivity contribution is -0.130. The van der Waals surface area contributed by atoms with Gasteiger partial charge in [-0.1, -0.05) is 12.1 Å². The van der Waals surface area contributed by atoms with Crippen molar-refractivity contribution < 1.29 is 14.3 Å². The topological polar surface area (TPSA) is 73.9 Å². The quantitative estimate of drug-likeness (QED) is 0.880. The van der Waals surface area contributed by atoms with Gasteiger partial charge in [0.1, 0.15) is 5.75 Å². The van der Waals surface area contributed by atoms with E-state index in [-0.39, 0.29) is 12.1 Å². The van der Waals surface area contributed by atoms with Gasteiger partial charge < -0.3 is 15.2 Å². The summed E-state index contributed by atoms with van der Waals surface area (Å²) in [5, 5.41) is 0. The van der Waals surface area contributed by atoms with Crippen LogP contribution >= 0.6 is 0 Å². The molecule has 0 saturated heterocycles. The molecule has 2 rings (SSSR count). The molecule has 1 unspecified atom stereocenters. The first-order valence-corrected chi connectivity index (χ1v) is 5.76. The molecule has 2 N–H and O–H groups in total. The molecule has 1 heterocycles. The highest BCUT2D eigenvalue weighted by atomic mass is 16.5. The van der Waals surface area contributed by atoms with Gasteiger partial charge in [-0.3, -0.25) is 4.79 Å². The molecule has 0 saturated carbocycles. The molecule has 1 aromatic carbocycles. The van der Waals surface area contributed by atoms with Crippen LogP contribution in [0.3, 0.4) is 0 Å². The van der Waals surface area contributed by atoms with Crippen LogP contribution in [-0.2, 0) is 15.1 Å². The maximum atomic E-state index is 11.7. The molecule has 1 aliphatic heterocycles. The van der Waals surface area contributed by atoms with Crippen LogP contribution in [0.25, 0.3) is 0 Å². The van der Waals surface area contributed by atoms with Crippen molar-refractivity contribution in [2.75, 3.05) is 0 Å². The van der Waals surface area contributed by atoms with Gasteiger partial charge in [-0.2, -0.15) is 4.99 Å². The molecule has 0 radical (unpaired) electrons. The van der Waals surface area contributed by atoms with Crippen molar-refractivity contribution in [1.82, 2.24) is 0 Å². The van der Waals surface area contributed by atoms with Crippen LogP contribution in [0.2, 0.25) is 0 Å². The third-order valence-corrected chi connectivity index (χ3v) is 2.71. The van der Waals surface area contributed by atoms with E-state index in [1.165, 1.54) is 0 Å². The van der Waals surface area contributed by atoms with E-state index in [9.17, 15) is 4.79 Å². The Morgan fingerprint density at radius 3 is 2.39 bits per heavy atom. The second-order valence-electron chi connectivity index (χ2n) is 4.58. The van der Waals surface area contributed by atoms with Crippen LogP contribution in [0.15, 0.2) is 29.3 Å². The number of carbonyl (C=O) groups is 1. The molecule has 5 nitrogen and oxygen atoms in total. The van der Waals surface area contributed by atoms with E-state index < -0.39 is 11.5 Å². The molecule has 0 bridgehead atoms. The summed E-state index contributed by atoms with van der Waals surface area (Å²) in [6, 6.07) is 7.07. The number of amidine groups is 1. The largest absolute Gasteiger partial charge is 0.491 e. The van der Waals surface area contributed by atoms with Crippen molar-refractivity contribution in [2.24, 2.45) is 10.7 Å². The number of nitrogens with two attached hydrogens (primary N) is 1. The Morgan fingerprint density at radius 1 is 1.33 bits per heavy atom. The lowest BCUT2D eigenvalue weighted by Gasteiger charge is -2.21. The van der Waals surface area contributed by atoms with E-state index in [0.717, 1.165) is 5.75 Å². The van der Waals surface area contributed by atoms with Gasteiger partial charge >= 0.3 is 0 Å². The van der Waals surface area contributed by atoms with Gasteiger partial charge in [0.25, 0.3) is 11.9 Å². The first-order valence-electron chi connectivity index (χ1n) is 5.76.